The molecule has 0 atom stereocenters. The Morgan fingerprint density at radius 1 is 0.871 bits per heavy atom. The normalized spacial score (nSPS) is 11.5. The van der Waals surface area contributed by atoms with E-state index in [1.807, 2.05) is 0 Å². The second-order valence-electron chi connectivity index (χ2n) is 9.02. The predicted octanol–water partition coefficient (Wildman–Crippen LogP) is 6.80. The third-order valence-electron chi connectivity index (χ3n) is 6.01. The summed E-state index contributed by atoms with van der Waals surface area (Å²) in [6.07, 6.45) is 3.07. The lowest BCUT2D eigenvalue weighted by atomic mass is 9.97. The van der Waals surface area contributed by atoms with Crippen LogP contribution in [0.5, 0.6) is 5.75 Å². The van der Waals surface area contributed by atoms with Crippen molar-refractivity contribution in [2.75, 3.05) is 12.3 Å². The topological polar surface area (TPSA) is 48.1 Å². The first-order chi connectivity index (χ1) is 14.9. The van der Waals surface area contributed by atoms with Crippen LogP contribution in [0.4, 0.5) is 5.82 Å². The van der Waals surface area contributed by atoms with Crippen molar-refractivity contribution >= 4 is 27.5 Å². The molecule has 2 N–H and O–H groups in total. The van der Waals surface area contributed by atoms with Crippen molar-refractivity contribution < 1.29 is 4.74 Å². The first-order valence-electron chi connectivity index (χ1n) is 11.2. The number of nitrogens with two attached hydrogens (primary N) is 1. The third-order valence-corrected chi connectivity index (χ3v) is 6.01. The molecule has 3 aromatic carbocycles. The molecule has 0 saturated heterocycles. The van der Waals surface area contributed by atoms with Crippen molar-refractivity contribution in [3.05, 3.63) is 76.9 Å². The van der Waals surface area contributed by atoms with Crippen LogP contribution in [-0.4, -0.2) is 11.6 Å². The minimum atomic E-state index is 0.601. The smallest absolute Gasteiger partial charge is 0.131 e. The minimum absolute atomic E-state index is 0.601. The third kappa shape index (κ3) is 4.82. The molecule has 0 aliphatic heterocycles. The van der Waals surface area contributed by atoms with Crippen molar-refractivity contribution in [2.24, 2.45) is 5.92 Å². The molecule has 0 fully saturated rings. The maximum atomic E-state index is 6.25. The van der Waals surface area contributed by atoms with E-state index in [2.05, 4.69) is 87.3 Å². The summed E-state index contributed by atoms with van der Waals surface area (Å²) >= 11 is 0. The number of hydrogen-bond acceptors (Lipinski definition) is 3. The van der Waals surface area contributed by atoms with Crippen LogP contribution in [0.25, 0.3) is 21.7 Å². The van der Waals surface area contributed by atoms with Gasteiger partial charge >= 0.3 is 0 Å². The number of nitrogen functional groups attached to an aromatic ring is 1. The molecule has 0 aliphatic rings. The van der Waals surface area contributed by atoms with Crippen LogP contribution in [0.2, 0.25) is 0 Å². The summed E-state index contributed by atoms with van der Waals surface area (Å²) in [7, 11) is 0. The van der Waals surface area contributed by atoms with Gasteiger partial charge in [-0.25, -0.2) is 4.98 Å². The Labute approximate surface area is 185 Å². The highest BCUT2D eigenvalue weighted by atomic mass is 16.5. The van der Waals surface area contributed by atoms with Crippen LogP contribution in [0.1, 0.15) is 42.5 Å². The molecule has 0 bridgehead atoms. The first-order valence-corrected chi connectivity index (χ1v) is 11.2. The molecule has 0 unspecified atom stereocenters. The van der Waals surface area contributed by atoms with Crippen molar-refractivity contribution in [3.63, 3.8) is 0 Å². The number of aryl methyl sites for hydroxylation is 4. The Bertz CT molecular complexity index is 1230. The van der Waals surface area contributed by atoms with E-state index < -0.39 is 0 Å². The molecule has 4 rings (SSSR count). The number of aromatic nitrogens is 1. The molecule has 1 heterocycles. The SMILES string of the molecule is Cc1ccc2c(c1)nc(N)c1ccc(CCc3ccc(OCCC(C)C)cc3C)cc12. The van der Waals surface area contributed by atoms with Gasteiger partial charge in [-0.05, 0) is 84.9 Å². The van der Waals surface area contributed by atoms with Gasteiger partial charge in [0.05, 0.1) is 12.1 Å². The molecule has 3 heteroatoms. The molecule has 1 aromatic heterocycles. The summed E-state index contributed by atoms with van der Waals surface area (Å²) in [5.41, 5.74) is 12.4. The van der Waals surface area contributed by atoms with Crippen LogP contribution >= 0.6 is 0 Å². The molecular formula is C28H32N2O. The van der Waals surface area contributed by atoms with Gasteiger partial charge in [0.2, 0.25) is 0 Å². The lowest BCUT2D eigenvalue weighted by Crippen LogP contribution is -2.02. The molecule has 0 spiro atoms. The number of anilines is 1. The van der Waals surface area contributed by atoms with E-state index in [1.165, 1.54) is 27.6 Å². The van der Waals surface area contributed by atoms with Crippen molar-refractivity contribution in [1.82, 2.24) is 4.98 Å². The van der Waals surface area contributed by atoms with Gasteiger partial charge in [0.25, 0.3) is 0 Å². The van der Waals surface area contributed by atoms with E-state index in [-0.39, 0.29) is 0 Å². The van der Waals surface area contributed by atoms with Crippen LogP contribution in [0, 0.1) is 19.8 Å². The Kier molecular flexibility index (Phi) is 6.13. The highest BCUT2D eigenvalue weighted by Crippen LogP contribution is 2.30. The number of rotatable bonds is 7. The van der Waals surface area contributed by atoms with Gasteiger partial charge in [0.15, 0.2) is 0 Å². The summed E-state index contributed by atoms with van der Waals surface area (Å²) in [4.78, 5) is 4.60. The van der Waals surface area contributed by atoms with E-state index >= 15 is 0 Å². The van der Waals surface area contributed by atoms with Gasteiger partial charge in [-0.1, -0.05) is 50.2 Å². The Morgan fingerprint density at radius 3 is 2.45 bits per heavy atom. The zero-order valence-corrected chi connectivity index (χ0v) is 19.0. The minimum Gasteiger partial charge on any atom is -0.494 e. The fraction of sp³-hybridized carbons (Fsp3) is 0.321. The van der Waals surface area contributed by atoms with Gasteiger partial charge in [-0.3, -0.25) is 0 Å². The molecule has 0 saturated carbocycles. The highest BCUT2D eigenvalue weighted by Gasteiger charge is 2.09. The van der Waals surface area contributed by atoms with E-state index in [0.717, 1.165) is 47.9 Å². The van der Waals surface area contributed by atoms with E-state index in [0.29, 0.717) is 11.7 Å². The van der Waals surface area contributed by atoms with Gasteiger partial charge in [-0.15, -0.1) is 0 Å². The van der Waals surface area contributed by atoms with Crippen molar-refractivity contribution in [3.8, 4) is 5.75 Å². The summed E-state index contributed by atoms with van der Waals surface area (Å²) in [6, 6.07) is 19.5. The van der Waals surface area contributed by atoms with Crippen molar-refractivity contribution in [2.45, 2.75) is 47.0 Å². The molecule has 3 nitrogen and oxygen atoms in total. The number of ether oxygens (including phenoxy) is 1. The number of benzene rings is 3. The van der Waals surface area contributed by atoms with Gasteiger partial charge in [0.1, 0.15) is 11.6 Å². The fourth-order valence-electron chi connectivity index (χ4n) is 4.08. The van der Waals surface area contributed by atoms with E-state index in [4.69, 9.17) is 10.5 Å². The first kappa shape index (κ1) is 21.2. The standard InChI is InChI=1S/C28H32N2O/c1-18(2)13-14-31-23-10-9-22(20(4)16-23)8-6-21-7-12-25-26(17-21)24-11-5-19(3)15-27(24)30-28(25)29/h5,7,9-12,15-18H,6,8,13-14H2,1-4H3,(H2,29,30). The van der Waals surface area contributed by atoms with Gasteiger partial charge < -0.3 is 10.5 Å². The second kappa shape index (κ2) is 8.97. The van der Waals surface area contributed by atoms with Gasteiger partial charge in [0, 0.05) is 10.8 Å². The largest absolute Gasteiger partial charge is 0.494 e. The molecule has 160 valence electrons. The number of pyridine rings is 1. The molecule has 31 heavy (non-hydrogen) atoms. The zero-order chi connectivity index (χ0) is 22.0. The van der Waals surface area contributed by atoms with E-state index in [9.17, 15) is 0 Å². The number of hydrogen-bond donors (Lipinski definition) is 1. The summed E-state index contributed by atoms with van der Waals surface area (Å²) in [6.45, 7) is 9.48. The fourth-order valence-corrected chi connectivity index (χ4v) is 4.08. The molecule has 0 aliphatic carbocycles. The average molecular weight is 413 g/mol. The Hall–Kier alpha value is -3.07. The quantitative estimate of drug-likeness (QED) is 0.340. The molecule has 0 amide bonds. The average Bonchev–Trinajstić information content (AvgIpc) is 2.72. The maximum absolute atomic E-state index is 6.25. The van der Waals surface area contributed by atoms with E-state index in [1.54, 1.807) is 0 Å². The van der Waals surface area contributed by atoms with Crippen LogP contribution in [-0.2, 0) is 12.8 Å². The highest BCUT2D eigenvalue weighted by molar-refractivity contribution is 6.10. The van der Waals surface area contributed by atoms with Crippen molar-refractivity contribution in [1.29, 1.82) is 0 Å². The van der Waals surface area contributed by atoms with Crippen LogP contribution in [0.15, 0.2) is 54.6 Å². The maximum Gasteiger partial charge on any atom is 0.131 e. The van der Waals surface area contributed by atoms with Crippen LogP contribution in [0.3, 0.4) is 0 Å². The monoisotopic (exact) mass is 412 g/mol. The number of nitrogens with zero attached hydrogens (tertiary/aromatic N) is 1. The zero-order valence-electron chi connectivity index (χ0n) is 19.0. The lowest BCUT2D eigenvalue weighted by Gasteiger charge is -2.12. The molecular weight excluding hydrogens is 380 g/mol. The number of fused-ring (bicyclic) bond motifs is 3. The van der Waals surface area contributed by atoms with Gasteiger partial charge in [-0.2, -0.15) is 0 Å². The summed E-state index contributed by atoms with van der Waals surface area (Å²) in [5.74, 6) is 2.23. The Balaban J connectivity index is 1.53. The van der Waals surface area contributed by atoms with Crippen LogP contribution < -0.4 is 10.5 Å². The predicted molar refractivity (Wildman–Crippen MR) is 132 cm³/mol. The second-order valence-corrected chi connectivity index (χ2v) is 9.02. The summed E-state index contributed by atoms with van der Waals surface area (Å²) < 4.78 is 5.91. The lowest BCUT2D eigenvalue weighted by molar-refractivity contribution is 0.289. The Morgan fingerprint density at radius 2 is 1.68 bits per heavy atom. The summed E-state index contributed by atoms with van der Waals surface area (Å²) in [5, 5.41) is 3.38. The molecule has 0 radical (unpaired) electrons. The molecule has 4 aromatic rings.